The summed E-state index contributed by atoms with van der Waals surface area (Å²) in [5.41, 5.74) is 6.49. The third-order valence-corrected chi connectivity index (χ3v) is 3.45. The highest BCUT2D eigenvalue weighted by atomic mass is 16.5. The van der Waals surface area contributed by atoms with Crippen molar-refractivity contribution in [2.24, 2.45) is 5.73 Å². The fraction of sp³-hybridized carbons (Fsp3) is 0.588. The van der Waals surface area contributed by atoms with Gasteiger partial charge in [-0.25, -0.2) is 0 Å². The highest BCUT2D eigenvalue weighted by molar-refractivity contribution is 5.77. The predicted molar refractivity (Wildman–Crippen MR) is 89.8 cm³/mol. The molecule has 3 N–H and O–H groups in total. The summed E-state index contributed by atoms with van der Waals surface area (Å²) >= 11 is 0. The number of methoxy groups -OCH3 is 1. The van der Waals surface area contributed by atoms with Crippen LogP contribution in [0.5, 0.6) is 11.5 Å². The molecule has 2 unspecified atom stereocenters. The Labute approximate surface area is 138 Å². The molecule has 1 aromatic rings. The van der Waals surface area contributed by atoms with Gasteiger partial charge in [0.15, 0.2) is 11.5 Å². The number of nitrogens with two attached hydrogens (primary N) is 1. The zero-order valence-corrected chi connectivity index (χ0v) is 14.4. The van der Waals surface area contributed by atoms with Crippen molar-refractivity contribution in [2.45, 2.75) is 39.3 Å². The maximum absolute atomic E-state index is 12.0. The van der Waals surface area contributed by atoms with Crippen molar-refractivity contribution < 1.29 is 19.0 Å². The molecule has 0 aliphatic carbocycles. The zero-order valence-electron chi connectivity index (χ0n) is 14.4. The van der Waals surface area contributed by atoms with Crippen LogP contribution in [0.3, 0.4) is 0 Å². The van der Waals surface area contributed by atoms with Crippen LogP contribution in [0.2, 0.25) is 0 Å². The smallest absolute Gasteiger partial charge is 0.223 e. The first kappa shape index (κ1) is 19.3. The van der Waals surface area contributed by atoms with Gasteiger partial charge in [-0.2, -0.15) is 0 Å². The lowest BCUT2D eigenvalue weighted by molar-refractivity contribution is -0.124. The molecular formula is C17H28N2O4. The molecule has 23 heavy (non-hydrogen) atoms. The summed E-state index contributed by atoms with van der Waals surface area (Å²) in [7, 11) is 1.55. The van der Waals surface area contributed by atoms with Crippen LogP contribution in [-0.4, -0.2) is 38.9 Å². The Bertz CT molecular complexity index is 489. The molecule has 6 heteroatoms. The summed E-state index contributed by atoms with van der Waals surface area (Å²) in [6.45, 7) is 7.21. The fourth-order valence-electron chi connectivity index (χ4n) is 2.19. The molecule has 0 saturated carbocycles. The molecule has 1 aromatic carbocycles. The number of rotatable bonds is 10. The standard InChI is InChI=1S/C17H28N2O4/c1-5-22-15-8-7-13(9-16(15)23-6-2)12(3)19-17(20)10-14(11-18)21-4/h7-9,12,14H,5-6,10-11,18H2,1-4H3,(H,19,20). The normalized spacial score (nSPS) is 13.3. The van der Waals surface area contributed by atoms with Gasteiger partial charge in [-0.1, -0.05) is 6.07 Å². The van der Waals surface area contributed by atoms with E-state index in [-0.39, 0.29) is 24.5 Å². The number of benzene rings is 1. The van der Waals surface area contributed by atoms with Crippen molar-refractivity contribution in [3.63, 3.8) is 0 Å². The van der Waals surface area contributed by atoms with Crippen molar-refractivity contribution in [1.29, 1.82) is 0 Å². The van der Waals surface area contributed by atoms with Gasteiger partial charge in [0.05, 0.1) is 31.8 Å². The quantitative estimate of drug-likeness (QED) is 0.688. The number of carbonyl (C=O) groups is 1. The van der Waals surface area contributed by atoms with E-state index in [2.05, 4.69) is 5.32 Å². The molecule has 0 aliphatic heterocycles. The first-order chi connectivity index (χ1) is 11.0. The van der Waals surface area contributed by atoms with Crippen molar-refractivity contribution in [1.82, 2.24) is 5.32 Å². The number of carbonyl (C=O) groups excluding carboxylic acids is 1. The molecule has 0 saturated heterocycles. The van der Waals surface area contributed by atoms with E-state index in [1.54, 1.807) is 7.11 Å². The molecule has 0 fully saturated rings. The second kappa shape index (κ2) is 10.1. The summed E-state index contributed by atoms with van der Waals surface area (Å²) in [6, 6.07) is 5.54. The van der Waals surface area contributed by atoms with Gasteiger partial charge in [0.1, 0.15) is 0 Å². The molecular weight excluding hydrogens is 296 g/mol. The molecule has 0 bridgehead atoms. The monoisotopic (exact) mass is 324 g/mol. The molecule has 0 radical (unpaired) electrons. The lowest BCUT2D eigenvalue weighted by atomic mass is 10.1. The van der Waals surface area contributed by atoms with E-state index in [0.29, 0.717) is 31.3 Å². The van der Waals surface area contributed by atoms with Crippen molar-refractivity contribution in [2.75, 3.05) is 26.9 Å². The van der Waals surface area contributed by atoms with Gasteiger partial charge in [-0.15, -0.1) is 0 Å². The molecule has 1 amide bonds. The van der Waals surface area contributed by atoms with Crippen molar-refractivity contribution >= 4 is 5.91 Å². The maximum atomic E-state index is 12.0. The first-order valence-corrected chi connectivity index (χ1v) is 7.97. The Morgan fingerprint density at radius 2 is 1.87 bits per heavy atom. The number of amides is 1. The maximum Gasteiger partial charge on any atom is 0.223 e. The van der Waals surface area contributed by atoms with Crippen LogP contribution < -0.4 is 20.5 Å². The topological polar surface area (TPSA) is 82.8 Å². The molecule has 0 spiro atoms. The molecule has 6 nitrogen and oxygen atoms in total. The van der Waals surface area contributed by atoms with E-state index in [4.69, 9.17) is 19.9 Å². The Hall–Kier alpha value is -1.79. The highest BCUT2D eigenvalue weighted by Gasteiger charge is 2.16. The third-order valence-electron chi connectivity index (χ3n) is 3.45. The molecule has 0 aromatic heterocycles. The first-order valence-electron chi connectivity index (χ1n) is 7.97. The zero-order chi connectivity index (χ0) is 17.2. The predicted octanol–water partition coefficient (Wildman–Crippen LogP) is 2.02. The van der Waals surface area contributed by atoms with Crippen LogP contribution >= 0.6 is 0 Å². The highest BCUT2D eigenvalue weighted by Crippen LogP contribution is 2.30. The SMILES string of the molecule is CCOc1ccc(C(C)NC(=O)CC(CN)OC)cc1OCC. The van der Waals surface area contributed by atoms with E-state index >= 15 is 0 Å². The minimum Gasteiger partial charge on any atom is -0.490 e. The van der Waals surface area contributed by atoms with Crippen molar-refractivity contribution in [3.05, 3.63) is 23.8 Å². The largest absolute Gasteiger partial charge is 0.490 e. The number of hydrogen-bond acceptors (Lipinski definition) is 5. The van der Waals surface area contributed by atoms with Crippen LogP contribution in [-0.2, 0) is 9.53 Å². The van der Waals surface area contributed by atoms with Gasteiger partial charge < -0.3 is 25.3 Å². The molecule has 0 heterocycles. The minimum atomic E-state index is -0.262. The van der Waals surface area contributed by atoms with Gasteiger partial charge in [0.25, 0.3) is 0 Å². The van der Waals surface area contributed by atoms with Gasteiger partial charge >= 0.3 is 0 Å². The van der Waals surface area contributed by atoms with E-state index < -0.39 is 0 Å². The average Bonchev–Trinajstić information content (AvgIpc) is 2.54. The number of nitrogens with one attached hydrogen (secondary N) is 1. The summed E-state index contributed by atoms with van der Waals surface area (Å²) < 4.78 is 16.3. The van der Waals surface area contributed by atoms with E-state index in [1.165, 1.54) is 0 Å². The van der Waals surface area contributed by atoms with Crippen LogP contribution in [0.15, 0.2) is 18.2 Å². The van der Waals surface area contributed by atoms with E-state index in [0.717, 1.165) is 5.56 Å². The van der Waals surface area contributed by atoms with E-state index in [1.807, 2.05) is 39.0 Å². The Balaban J connectivity index is 2.76. The summed E-state index contributed by atoms with van der Waals surface area (Å²) in [4.78, 5) is 12.0. The van der Waals surface area contributed by atoms with E-state index in [9.17, 15) is 4.79 Å². The lowest BCUT2D eigenvalue weighted by Gasteiger charge is -2.19. The summed E-state index contributed by atoms with van der Waals surface area (Å²) in [6.07, 6.45) is -0.0197. The summed E-state index contributed by atoms with van der Waals surface area (Å²) in [5.74, 6) is 1.30. The molecule has 2 atom stereocenters. The van der Waals surface area contributed by atoms with Gasteiger partial charge in [-0.3, -0.25) is 4.79 Å². The van der Waals surface area contributed by atoms with Gasteiger partial charge in [0, 0.05) is 13.7 Å². The second-order valence-corrected chi connectivity index (χ2v) is 5.16. The van der Waals surface area contributed by atoms with Crippen LogP contribution in [0.1, 0.15) is 38.8 Å². The Kier molecular flexibility index (Phi) is 8.43. The van der Waals surface area contributed by atoms with Gasteiger partial charge in [-0.05, 0) is 38.5 Å². The molecule has 130 valence electrons. The molecule has 0 aliphatic rings. The Morgan fingerprint density at radius 3 is 2.43 bits per heavy atom. The fourth-order valence-corrected chi connectivity index (χ4v) is 2.19. The third kappa shape index (κ3) is 6.08. The van der Waals surface area contributed by atoms with Crippen LogP contribution in [0.4, 0.5) is 0 Å². The summed E-state index contributed by atoms with van der Waals surface area (Å²) in [5, 5.41) is 2.95. The number of hydrogen-bond donors (Lipinski definition) is 2. The second-order valence-electron chi connectivity index (χ2n) is 5.16. The Morgan fingerprint density at radius 1 is 1.22 bits per heavy atom. The minimum absolute atomic E-state index is 0.0957. The van der Waals surface area contributed by atoms with Crippen LogP contribution in [0.25, 0.3) is 0 Å². The lowest BCUT2D eigenvalue weighted by Crippen LogP contribution is -2.33. The number of ether oxygens (including phenoxy) is 3. The average molecular weight is 324 g/mol. The molecule has 1 rings (SSSR count). The van der Waals surface area contributed by atoms with Gasteiger partial charge in [0.2, 0.25) is 5.91 Å². The van der Waals surface area contributed by atoms with Crippen molar-refractivity contribution in [3.8, 4) is 11.5 Å². The van der Waals surface area contributed by atoms with Crippen LogP contribution in [0, 0.1) is 0 Å².